The molecule has 2 aromatic heterocycles. The molecule has 5 aliphatic heterocycles. The number of nitrogens with zero attached hydrogens (tertiary/aromatic N) is 4. The Kier molecular flexibility index (Phi) is 5.63. The first-order valence-electron chi connectivity index (χ1n) is 14.4. The van der Waals surface area contributed by atoms with Crippen LogP contribution in [0.3, 0.4) is 0 Å². The SMILES string of the molecule is N[C@@H]1O[C@@H]2CCC34C[C@H]5[C@@H](F)[C@H](N)O[C@@H]5COC5(C[C@H]2[C@H]1F)c1ncnc(c15)NCCCCNc1ncnc3c14. The molecule has 2 aromatic rings. The maximum atomic E-state index is 15.7. The fourth-order valence-corrected chi connectivity index (χ4v) is 7.86. The monoisotopic (exact) mass is 556 g/mol. The van der Waals surface area contributed by atoms with Gasteiger partial charge in [-0.05, 0) is 38.5 Å². The van der Waals surface area contributed by atoms with Gasteiger partial charge < -0.3 is 36.3 Å². The van der Waals surface area contributed by atoms with Crippen LogP contribution < -0.4 is 22.1 Å². The molecule has 7 aliphatic rings. The molecule has 0 saturated carbocycles. The van der Waals surface area contributed by atoms with Gasteiger partial charge in [-0.2, -0.15) is 0 Å². The highest BCUT2D eigenvalue weighted by Crippen LogP contribution is 2.62. The van der Waals surface area contributed by atoms with E-state index < -0.39 is 59.9 Å². The normalized spacial score (nSPS) is 43.4. The summed E-state index contributed by atoms with van der Waals surface area (Å²) in [5.74, 6) is 0.404. The molecule has 2 unspecified atom stereocenters. The molecule has 11 nitrogen and oxygen atoms in total. The van der Waals surface area contributed by atoms with E-state index in [0.717, 1.165) is 47.7 Å². The lowest BCUT2D eigenvalue weighted by Crippen LogP contribution is -2.37. The van der Waals surface area contributed by atoms with Crippen molar-refractivity contribution in [3.63, 3.8) is 0 Å². The lowest BCUT2D eigenvalue weighted by atomic mass is 9.78. The van der Waals surface area contributed by atoms with Crippen LogP contribution in [-0.2, 0) is 25.2 Å². The van der Waals surface area contributed by atoms with Gasteiger partial charge in [-0.25, -0.2) is 28.7 Å². The standard InChI is InChI=1S/C27H34F2N8O3/c28-18-12-7-26-4-3-14-13(19(29)22(30)39-14)8-27(38-9-15(12)40-23(18)31)17-21(27)35-11-37-25(17)33-6-2-1-5-32-24-16(26)20(26)34-10-36-24/h10-15,18-19,22-23H,1-9,30-31H2,(H,32,34,36)(H,33,35,37)/t12-,13-,14-,15-,18-,19-,22-,23-,26?,27?/m1/s1. The molecular formula is C27H34F2N8O3. The average Bonchev–Trinajstić information content (AvgIpc) is 3.74. The highest BCUT2D eigenvalue weighted by molar-refractivity contribution is 5.68. The van der Waals surface area contributed by atoms with Gasteiger partial charge in [0, 0.05) is 35.9 Å². The molecule has 3 fully saturated rings. The second kappa shape index (κ2) is 8.96. The van der Waals surface area contributed by atoms with E-state index in [1.807, 2.05) is 0 Å². The van der Waals surface area contributed by atoms with Crippen LogP contribution in [0, 0.1) is 11.8 Å². The van der Waals surface area contributed by atoms with E-state index in [1.165, 1.54) is 6.33 Å². The summed E-state index contributed by atoms with van der Waals surface area (Å²) in [5, 5.41) is 6.92. The van der Waals surface area contributed by atoms with E-state index in [1.54, 1.807) is 6.33 Å². The summed E-state index contributed by atoms with van der Waals surface area (Å²) >= 11 is 0. The molecule has 0 radical (unpaired) electrons. The van der Waals surface area contributed by atoms with Crippen LogP contribution in [-0.4, -0.2) is 76.6 Å². The van der Waals surface area contributed by atoms with Crippen molar-refractivity contribution in [2.45, 2.75) is 86.5 Å². The van der Waals surface area contributed by atoms with Crippen molar-refractivity contribution in [3.8, 4) is 0 Å². The zero-order valence-electron chi connectivity index (χ0n) is 22.1. The third-order valence-corrected chi connectivity index (χ3v) is 10.00. The van der Waals surface area contributed by atoms with Gasteiger partial charge in [0.05, 0.1) is 35.8 Å². The number of aromatic nitrogens is 4. The van der Waals surface area contributed by atoms with Gasteiger partial charge >= 0.3 is 0 Å². The Balaban J connectivity index is 1.25. The van der Waals surface area contributed by atoms with Crippen molar-refractivity contribution in [2.75, 3.05) is 30.3 Å². The highest BCUT2D eigenvalue weighted by atomic mass is 19.1. The van der Waals surface area contributed by atoms with Gasteiger partial charge in [0.1, 0.15) is 54.7 Å². The third-order valence-electron chi connectivity index (χ3n) is 10.00. The number of rotatable bonds is 0. The van der Waals surface area contributed by atoms with Crippen LogP contribution >= 0.6 is 0 Å². The molecule has 13 heteroatoms. The minimum Gasteiger partial charge on any atom is -0.370 e. The van der Waals surface area contributed by atoms with Crippen molar-refractivity contribution in [1.82, 2.24) is 19.9 Å². The van der Waals surface area contributed by atoms with E-state index in [4.69, 9.17) is 25.7 Å². The molecule has 0 amide bonds. The maximum absolute atomic E-state index is 15.7. The topological polar surface area (TPSA) is 155 Å². The van der Waals surface area contributed by atoms with Gasteiger partial charge in [0.2, 0.25) is 0 Å². The van der Waals surface area contributed by atoms with Gasteiger partial charge in [0.25, 0.3) is 0 Å². The zero-order chi connectivity index (χ0) is 27.2. The van der Waals surface area contributed by atoms with Crippen molar-refractivity contribution < 1.29 is 23.0 Å². The van der Waals surface area contributed by atoms with Crippen molar-refractivity contribution in [1.29, 1.82) is 0 Å². The number of ether oxygens (including phenoxy) is 3. The summed E-state index contributed by atoms with van der Waals surface area (Å²) in [7, 11) is 0. The van der Waals surface area contributed by atoms with Gasteiger partial charge in [-0.3, -0.25) is 0 Å². The lowest BCUT2D eigenvalue weighted by molar-refractivity contribution is -0.0826. The van der Waals surface area contributed by atoms with Crippen LogP contribution in [0.25, 0.3) is 0 Å². The Morgan fingerprint density at radius 2 is 1.43 bits per heavy atom. The number of hydrogen-bond donors (Lipinski definition) is 4. The third kappa shape index (κ3) is 3.57. The summed E-state index contributed by atoms with van der Waals surface area (Å²) in [6, 6.07) is 0. The lowest BCUT2D eigenvalue weighted by Gasteiger charge is -2.31. The Hall–Kier alpha value is -2.58. The molecule has 10 atom stereocenters. The van der Waals surface area contributed by atoms with Gasteiger partial charge in [-0.15, -0.1) is 0 Å². The fraction of sp³-hybridized carbons (Fsp3) is 0.704. The van der Waals surface area contributed by atoms with Crippen molar-refractivity contribution in [2.24, 2.45) is 23.3 Å². The Labute approximate surface area is 230 Å². The molecule has 9 rings (SSSR count). The molecule has 2 spiro atoms. The first-order valence-corrected chi connectivity index (χ1v) is 14.4. The van der Waals surface area contributed by atoms with Crippen LogP contribution in [0.2, 0.25) is 0 Å². The minimum atomic E-state index is -1.37. The summed E-state index contributed by atoms with van der Waals surface area (Å²) < 4.78 is 50.1. The number of fused-ring (bicyclic) bond motifs is 7. The highest BCUT2D eigenvalue weighted by Gasteiger charge is 2.64. The minimum absolute atomic E-state index is 0.0824. The van der Waals surface area contributed by atoms with E-state index >= 15 is 8.78 Å². The molecule has 40 heavy (non-hydrogen) atoms. The Bertz CT molecular complexity index is 1240. The summed E-state index contributed by atoms with van der Waals surface area (Å²) in [4.78, 5) is 18.2. The van der Waals surface area contributed by atoms with E-state index in [2.05, 4.69) is 30.6 Å². The largest absolute Gasteiger partial charge is 0.370 e. The van der Waals surface area contributed by atoms with E-state index in [0.29, 0.717) is 38.0 Å². The number of nitrogens with one attached hydrogen (secondary N) is 2. The predicted octanol–water partition coefficient (Wildman–Crippen LogP) is 1.61. The van der Waals surface area contributed by atoms with Crippen LogP contribution in [0.5, 0.6) is 0 Å². The summed E-state index contributed by atoms with van der Waals surface area (Å²) in [6.07, 6.45) is 0.882. The molecule has 7 heterocycles. The van der Waals surface area contributed by atoms with Crippen molar-refractivity contribution in [3.05, 3.63) is 35.2 Å². The Morgan fingerprint density at radius 3 is 2.15 bits per heavy atom. The van der Waals surface area contributed by atoms with E-state index in [-0.39, 0.29) is 6.61 Å². The molecular weight excluding hydrogens is 522 g/mol. The number of alkyl halides is 2. The quantitative estimate of drug-likeness (QED) is 0.374. The number of hydrogen-bond acceptors (Lipinski definition) is 11. The summed E-state index contributed by atoms with van der Waals surface area (Å²) in [5.41, 5.74) is 14.2. The molecule has 2 bridgehead atoms. The van der Waals surface area contributed by atoms with Crippen molar-refractivity contribution >= 4 is 11.6 Å². The second-order valence-electron chi connectivity index (χ2n) is 12.1. The smallest absolute Gasteiger partial charge is 0.145 e. The average molecular weight is 557 g/mol. The zero-order valence-corrected chi connectivity index (χ0v) is 22.1. The molecule has 3 saturated heterocycles. The maximum Gasteiger partial charge on any atom is 0.145 e. The number of halogens is 2. The first-order chi connectivity index (χ1) is 19.4. The molecule has 6 N–H and O–H groups in total. The van der Waals surface area contributed by atoms with Crippen LogP contribution in [0.4, 0.5) is 20.4 Å². The molecule has 0 aromatic carbocycles. The number of nitrogens with two attached hydrogens (primary N) is 2. The fourth-order valence-electron chi connectivity index (χ4n) is 7.86. The first kappa shape index (κ1) is 25.2. The summed E-state index contributed by atoms with van der Waals surface area (Å²) in [6.45, 7) is 1.51. The van der Waals surface area contributed by atoms with Crippen LogP contribution in [0.1, 0.15) is 61.0 Å². The van der Waals surface area contributed by atoms with Gasteiger partial charge in [-0.1, -0.05) is 0 Å². The second-order valence-corrected chi connectivity index (χ2v) is 12.1. The van der Waals surface area contributed by atoms with Crippen LogP contribution in [0.15, 0.2) is 12.7 Å². The van der Waals surface area contributed by atoms with Gasteiger partial charge in [0.15, 0.2) is 0 Å². The predicted molar refractivity (Wildman–Crippen MR) is 139 cm³/mol. The Morgan fingerprint density at radius 1 is 0.800 bits per heavy atom. The molecule has 214 valence electrons. The number of anilines is 2. The molecule has 2 aliphatic carbocycles. The van der Waals surface area contributed by atoms with E-state index in [9.17, 15) is 0 Å².